The van der Waals surface area contributed by atoms with Gasteiger partial charge in [0.05, 0.1) is 16.0 Å². The van der Waals surface area contributed by atoms with Crippen LogP contribution in [0.3, 0.4) is 0 Å². The zero-order valence-electron chi connectivity index (χ0n) is 18.0. The van der Waals surface area contributed by atoms with Crippen LogP contribution in [0.5, 0.6) is 0 Å². The monoisotopic (exact) mass is 483 g/mol. The van der Waals surface area contributed by atoms with Crippen molar-refractivity contribution in [1.29, 1.82) is 0 Å². The summed E-state index contributed by atoms with van der Waals surface area (Å²) in [5.41, 5.74) is 1.35. The van der Waals surface area contributed by atoms with Gasteiger partial charge in [-0.15, -0.1) is 11.3 Å². The number of nitrogens with two attached hydrogens (primary N) is 1. The van der Waals surface area contributed by atoms with E-state index in [2.05, 4.69) is 10.3 Å². The number of fused-ring (bicyclic) bond motifs is 1. The van der Waals surface area contributed by atoms with Crippen LogP contribution in [0.25, 0.3) is 10.2 Å². The maximum Gasteiger partial charge on any atom is 0.257 e. The number of halogens is 1. The molecule has 4 N–H and O–H groups in total. The van der Waals surface area contributed by atoms with Crippen LogP contribution in [0.15, 0.2) is 65.7 Å². The maximum atomic E-state index is 13.0. The topological polar surface area (TPSA) is 101 Å². The number of nitrogens with zero attached hydrogens (tertiary/aromatic N) is 2. The minimum Gasteiger partial charge on any atom is -0.381 e. The normalized spacial score (nSPS) is 12.1. The van der Waals surface area contributed by atoms with Gasteiger partial charge in [-0.25, -0.2) is 0 Å². The molecular weight excluding hydrogens is 460 g/mol. The molecule has 7 nitrogen and oxygen atoms in total. The number of quaternary nitrogens is 1. The highest BCUT2D eigenvalue weighted by Gasteiger charge is 2.18. The molecule has 0 saturated carbocycles. The third-order valence-corrected chi connectivity index (χ3v) is 6.77. The van der Waals surface area contributed by atoms with E-state index >= 15 is 0 Å². The fraction of sp³-hybridized carbons (Fsp3) is 0.208. The molecule has 0 spiro atoms. The predicted molar refractivity (Wildman–Crippen MR) is 129 cm³/mol. The van der Waals surface area contributed by atoms with Gasteiger partial charge in [0.2, 0.25) is 5.43 Å². The van der Waals surface area contributed by atoms with Gasteiger partial charge in [-0.3, -0.25) is 14.6 Å². The minimum absolute atomic E-state index is 0.109. The Labute approximate surface area is 199 Å². The Morgan fingerprint density at radius 2 is 2.06 bits per heavy atom. The number of aliphatic hydroxyl groups is 1. The molecule has 0 aliphatic carbocycles. The maximum absolute atomic E-state index is 13.0. The van der Waals surface area contributed by atoms with Gasteiger partial charge in [0.1, 0.15) is 29.6 Å². The smallest absolute Gasteiger partial charge is 0.257 e. The molecule has 0 aliphatic rings. The Morgan fingerprint density at radius 3 is 2.79 bits per heavy atom. The highest BCUT2D eigenvalue weighted by molar-refractivity contribution is 7.18. The van der Waals surface area contributed by atoms with E-state index in [-0.39, 0.29) is 11.0 Å². The zero-order valence-corrected chi connectivity index (χ0v) is 19.6. The van der Waals surface area contributed by atoms with Crippen molar-refractivity contribution in [2.45, 2.75) is 19.2 Å². The summed E-state index contributed by atoms with van der Waals surface area (Å²) in [7, 11) is 1.83. The lowest BCUT2D eigenvalue weighted by atomic mass is 10.2. The Hall–Kier alpha value is -3.04. The lowest BCUT2D eigenvalue weighted by Crippen LogP contribution is -2.83. The number of thiophene rings is 1. The van der Waals surface area contributed by atoms with Crippen LogP contribution < -0.4 is 16.1 Å². The number of benzene rings is 1. The molecule has 9 heteroatoms. The summed E-state index contributed by atoms with van der Waals surface area (Å²) in [6.45, 7) is 1.38. The van der Waals surface area contributed by atoms with Crippen molar-refractivity contribution in [3.05, 3.63) is 97.9 Å². The molecule has 3 heterocycles. The zero-order chi connectivity index (χ0) is 23.4. The summed E-state index contributed by atoms with van der Waals surface area (Å²) in [6.07, 6.45) is 2.57. The van der Waals surface area contributed by atoms with Crippen molar-refractivity contribution in [2.24, 2.45) is 7.05 Å². The van der Waals surface area contributed by atoms with Gasteiger partial charge in [0, 0.05) is 31.0 Å². The number of carbonyl (C=O) groups excluding carboxylic acids is 1. The van der Waals surface area contributed by atoms with Crippen LogP contribution in [0, 0.1) is 0 Å². The van der Waals surface area contributed by atoms with Gasteiger partial charge < -0.3 is 20.3 Å². The number of rotatable bonds is 8. The molecule has 3 aromatic heterocycles. The number of aromatic nitrogens is 2. The summed E-state index contributed by atoms with van der Waals surface area (Å²) in [6, 6.07) is 14.5. The second kappa shape index (κ2) is 10.3. The van der Waals surface area contributed by atoms with Gasteiger partial charge in [-0.1, -0.05) is 29.8 Å². The van der Waals surface area contributed by atoms with Crippen molar-refractivity contribution in [3.8, 4) is 0 Å². The first-order valence-electron chi connectivity index (χ1n) is 10.5. The largest absolute Gasteiger partial charge is 0.381 e. The molecule has 33 heavy (non-hydrogen) atoms. The predicted octanol–water partition coefficient (Wildman–Crippen LogP) is 2.38. The van der Waals surface area contributed by atoms with E-state index in [1.54, 1.807) is 30.6 Å². The molecule has 1 unspecified atom stereocenters. The Bertz CT molecular complexity index is 1320. The highest BCUT2D eigenvalue weighted by atomic mass is 35.5. The van der Waals surface area contributed by atoms with E-state index < -0.39 is 12.0 Å². The van der Waals surface area contributed by atoms with E-state index in [0.29, 0.717) is 35.7 Å². The molecule has 4 rings (SSSR count). The first-order valence-corrected chi connectivity index (χ1v) is 11.7. The average molecular weight is 484 g/mol. The number of aryl methyl sites for hydroxylation is 1. The van der Waals surface area contributed by atoms with Crippen LogP contribution in [-0.4, -0.2) is 27.1 Å². The van der Waals surface area contributed by atoms with Crippen LogP contribution >= 0.6 is 22.9 Å². The van der Waals surface area contributed by atoms with Crippen molar-refractivity contribution in [1.82, 2.24) is 14.9 Å². The van der Waals surface area contributed by atoms with Gasteiger partial charge in [0.15, 0.2) is 0 Å². The molecule has 0 saturated heterocycles. The molecule has 0 aliphatic heterocycles. The molecule has 0 bridgehead atoms. The van der Waals surface area contributed by atoms with Gasteiger partial charge in [-0.2, -0.15) is 0 Å². The molecule has 170 valence electrons. The molecule has 0 radical (unpaired) electrons. The summed E-state index contributed by atoms with van der Waals surface area (Å²) in [4.78, 5) is 31.7. The second-order valence-corrected chi connectivity index (χ2v) is 9.27. The average Bonchev–Trinajstić information content (AvgIpc) is 3.26. The molecule has 1 amide bonds. The van der Waals surface area contributed by atoms with Crippen molar-refractivity contribution < 1.29 is 15.2 Å². The first-order chi connectivity index (χ1) is 15.9. The van der Waals surface area contributed by atoms with Gasteiger partial charge in [-0.05, 0) is 35.9 Å². The summed E-state index contributed by atoms with van der Waals surface area (Å²) >= 11 is 7.40. The van der Waals surface area contributed by atoms with Crippen LogP contribution in [0.2, 0.25) is 5.02 Å². The fourth-order valence-electron chi connectivity index (χ4n) is 3.53. The van der Waals surface area contributed by atoms with Gasteiger partial charge in [0.25, 0.3) is 5.91 Å². The number of carbonyl (C=O) groups is 1. The van der Waals surface area contributed by atoms with Crippen molar-refractivity contribution in [2.75, 3.05) is 6.54 Å². The van der Waals surface area contributed by atoms with Gasteiger partial charge >= 0.3 is 0 Å². The van der Waals surface area contributed by atoms with E-state index in [4.69, 9.17) is 11.6 Å². The van der Waals surface area contributed by atoms with Crippen molar-refractivity contribution in [3.63, 3.8) is 0 Å². The minimum atomic E-state index is -0.664. The quantitative estimate of drug-likeness (QED) is 0.358. The number of aliphatic hydroxyl groups excluding tert-OH is 1. The number of hydrogen-bond donors (Lipinski definition) is 3. The lowest BCUT2D eigenvalue weighted by Gasteiger charge is -2.08. The number of nitrogens with one attached hydrogen (secondary N) is 1. The molecule has 1 atom stereocenters. The first kappa shape index (κ1) is 23.1. The molecule has 1 aromatic carbocycles. The number of hydrogen-bond acceptors (Lipinski definition) is 5. The fourth-order valence-corrected chi connectivity index (χ4v) is 4.74. The Balaban J connectivity index is 1.44. The molecule has 0 fully saturated rings. The van der Waals surface area contributed by atoms with Crippen LogP contribution in [0.4, 0.5) is 0 Å². The third kappa shape index (κ3) is 5.48. The third-order valence-electron chi connectivity index (χ3n) is 5.27. The molecule has 4 aromatic rings. The van der Waals surface area contributed by atoms with E-state index in [1.807, 2.05) is 47.3 Å². The molecular formula is C24H24ClN4O3S+. The van der Waals surface area contributed by atoms with E-state index in [9.17, 15) is 14.7 Å². The van der Waals surface area contributed by atoms with Crippen LogP contribution in [-0.2, 0) is 20.1 Å². The Kier molecular flexibility index (Phi) is 7.20. The van der Waals surface area contributed by atoms with E-state index in [0.717, 1.165) is 15.3 Å². The SMILES string of the molecule is Cn1cc(C(=O)NCc2ccc(Cl)cc2)c(=O)c2cc(C[NH2+]CC(O)c3ccccn3)sc21. The standard InChI is InChI=1S/C24H23ClN4O3S/c1-29-14-19(23(32)28-11-15-5-7-16(25)8-6-15)22(31)18-10-17(33-24(18)29)12-26-13-21(30)20-4-2-3-9-27-20/h2-10,14,21,26,30H,11-13H2,1H3,(H,28,32)/p+1. The van der Waals surface area contributed by atoms with Crippen molar-refractivity contribution >= 4 is 39.1 Å². The van der Waals surface area contributed by atoms with E-state index in [1.165, 1.54) is 11.3 Å². The van der Waals surface area contributed by atoms with Crippen LogP contribution in [0.1, 0.15) is 32.6 Å². The number of amides is 1. The number of pyridine rings is 2. The lowest BCUT2D eigenvalue weighted by molar-refractivity contribution is -0.677. The summed E-state index contributed by atoms with van der Waals surface area (Å²) in [5, 5.41) is 16.2. The summed E-state index contributed by atoms with van der Waals surface area (Å²) in [5.74, 6) is -0.412. The highest BCUT2D eigenvalue weighted by Crippen LogP contribution is 2.23. The summed E-state index contributed by atoms with van der Waals surface area (Å²) < 4.78 is 1.81. The Morgan fingerprint density at radius 1 is 1.27 bits per heavy atom. The second-order valence-electron chi connectivity index (χ2n) is 7.72.